The lowest BCUT2D eigenvalue weighted by molar-refractivity contribution is 0.0809. The van der Waals surface area contributed by atoms with Gasteiger partial charge < -0.3 is 10.1 Å². The van der Waals surface area contributed by atoms with E-state index in [1.54, 1.807) is 0 Å². The monoisotopic (exact) mass is 219 g/mol. The first-order chi connectivity index (χ1) is 7.81. The van der Waals surface area contributed by atoms with Crippen molar-refractivity contribution in [3.63, 3.8) is 0 Å². The summed E-state index contributed by atoms with van der Waals surface area (Å²) in [5, 5.41) is 3.03. The smallest absolute Gasteiger partial charge is 0.251 e. The number of carbonyl (C=O) groups excluding carboxylic acids is 1. The van der Waals surface area contributed by atoms with Crippen LogP contribution in [-0.4, -0.2) is 24.7 Å². The highest BCUT2D eigenvalue weighted by Gasteiger charge is 2.28. The number of hydrogen-bond acceptors (Lipinski definition) is 2. The molecule has 1 fully saturated rings. The summed E-state index contributed by atoms with van der Waals surface area (Å²) in [6, 6.07) is 9.47. The molecule has 2 rings (SSSR count). The number of hydrogen-bond donors (Lipinski definition) is 1. The van der Waals surface area contributed by atoms with Crippen LogP contribution in [0, 0.1) is 0 Å². The molecular weight excluding hydrogens is 202 g/mol. The van der Waals surface area contributed by atoms with Gasteiger partial charge in [-0.3, -0.25) is 4.79 Å². The van der Waals surface area contributed by atoms with E-state index in [-0.39, 0.29) is 18.1 Å². The van der Waals surface area contributed by atoms with E-state index in [9.17, 15) is 4.79 Å². The van der Waals surface area contributed by atoms with Crippen LogP contribution >= 0.6 is 0 Å². The van der Waals surface area contributed by atoms with Crippen molar-refractivity contribution in [3.05, 3.63) is 35.9 Å². The Morgan fingerprint density at radius 1 is 1.44 bits per heavy atom. The van der Waals surface area contributed by atoms with E-state index in [4.69, 9.17) is 4.74 Å². The predicted octanol–water partition coefficient (Wildman–Crippen LogP) is 1.98. The van der Waals surface area contributed by atoms with Crippen LogP contribution in [0.2, 0.25) is 0 Å². The summed E-state index contributed by atoms with van der Waals surface area (Å²) >= 11 is 0. The number of rotatable bonds is 3. The zero-order valence-electron chi connectivity index (χ0n) is 9.48. The summed E-state index contributed by atoms with van der Waals surface area (Å²) in [6.45, 7) is 2.83. The molecule has 3 nitrogen and oxygen atoms in total. The molecule has 0 aromatic heterocycles. The van der Waals surface area contributed by atoms with Gasteiger partial charge in [-0.1, -0.05) is 25.1 Å². The summed E-state index contributed by atoms with van der Waals surface area (Å²) in [4.78, 5) is 11.9. The molecule has 3 heteroatoms. The Balaban J connectivity index is 1.97. The second-order valence-electron chi connectivity index (χ2n) is 4.05. The van der Waals surface area contributed by atoms with Crippen molar-refractivity contribution >= 4 is 5.91 Å². The number of nitrogens with one attached hydrogen (secondary N) is 1. The summed E-state index contributed by atoms with van der Waals surface area (Å²) in [5.41, 5.74) is 0.712. The third-order valence-corrected chi connectivity index (χ3v) is 2.96. The highest BCUT2D eigenvalue weighted by molar-refractivity contribution is 5.94. The van der Waals surface area contributed by atoms with E-state index >= 15 is 0 Å². The van der Waals surface area contributed by atoms with Crippen LogP contribution < -0.4 is 5.32 Å². The van der Waals surface area contributed by atoms with Crippen LogP contribution in [0.3, 0.4) is 0 Å². The minimum atomic E-state index is -0.00505. The number of benzene rings is 1. The average Bonchev–Trinajstić information content (AvgIpc) is 2.77. The molecule has 16 heavy (non-hydrogen) atoms. The summed E-state index contributed by atoms with van der Waals surface area (Å²) in [7, 11) is 0. The Morgan fingerprint density at radius 2 is 2.19 bits per heavy atom. The number of ether oxygens (including phenoxy) is 1. The molecule has 2 unspecified atom stereocenters. The lowest BCUT2D eigenvalue weighted by Gasteiger charge is -2.18. The SMILES string of the molecule is CCC1OCCC1NC(=O)c1ccccc1. The van der Waals surface area contributed by atoms with Crippen molar-refractivity contribution in [2.24, 2.45) is 0 Å². The maximum atomic E-state index is 11.9. The Hall–Kier alpha value is -1.35. The maximum absolute atomic E-state index is 11.9. The third-order valence-electron chi connectivity index (χ3n) is 2.96. The van der Waals surface area contributed by atoms with E-state index in [1.165, 1.54) is 0 Å². The summed E-state index contributed by atoms with van der Waals surface area (Å²) < 4.78 is 5.54. The normalized spacial score (nSPS) is 24.3. The van der Waals surface area contributed by atoms with Crippen LogP contribution in [0.25, 0.3) is 0 Å². The van der Waals surface area contributed by atoms with Crippen LogP contribution in [0.1, 0.15) is 30.1 Å². The lowest BCUT2D eigenvalue weighted by atomic mass is 10.1. The minimum absolute atomic E-state index is 0.00505. The maximum Gasteiger partial charge on any atom is 0.251 e. The summed E-state index contributed by atoms with van der Waals surface area (Å²) in [5.74, 6) is -0.00505. The number of carbonyl (C=O) groups is 1. The summed E-state index contributed by atoms with van der Waals surface area (Å²) in [6.07, 6.45) is 2.03. The standard InChI is InChI=1S/C13H17NO2/c1-2-12-11(8-9-16-12)14-13(15)10-6-4-3-5-7-10/h3-7,11-12H,2,8-9H2,1H3,(H,14,15). The van der Waals surface area contributed by atoms with Gasteiger partial charge in [0.15, 0.2) is 0 Å². The third kappa shape index (κ3) is 2.42. The molecule has 1 aliphatic rings. The molecule has 1 saturated heterocycles. The topological polar surface area (TPSA) is 38.3 Å². The first-order valence-electron chi connectivity index (χ1n) is 5.78. The van der Waals surface area contributed by atoms with E-state index < -0.39 is 0 Å². The van der Waals surface area contributed by atoms with Gasteiger partial charge in [-0.05, 0) is 25.0 Å². The van der Waals surface area contributed by atoms with E-state index in [2.05, 4.69) is 12.2 Å². The molecular formula is C13H17NO2. The van der Waals surface area contributed by atoms with Gasteiger partial charge in [0, 0.05) is 12.2 Å². The highest BCUT2D eigenvalue weighted by Crippen LogP contribution is 2.16. The van der Waals surface area contributed by atoms with Crippen molar-refractivity contribution in [3.8, 4) is 0 Å². The van der Waals surface area contributed by atoms with E-state index in [1.807, 2.05) is 30.3 Å². The van der Waals surface area contributed by atoms with Gasteiger partial charge in [-0.2, -0.15) is 0 Å². The van der Waals surface area contributed by atoms with Crippen molar-refractivity contribution in [1.29, 1.82) is 0 Å². The molecule has 86 valence electrons. The van der Waals surface area contributed by atoms with Crippen molar-refractivity contribution in [1.82, 2.24) is 5.32 Å². The van der Waals surface area contributed by atoms with E-state index in [0.717, 1.165) is 19.4 Å². The molecule has 0 bridgehead atoms. The van der Waals surface area contributed by atoms with Crippen LogP contribution in [-0.2, 0) is 4.74 Å². The van der Waals surface area contributed by atoms with Gasteiger partial charge in [0.05, 0.1) is 12.1 Å². The number of amides is 1. The highest BCUT2D eigenvalue weighted by atomic mass is 16.5. The molecule has 1 heterocycles. The average molecular weight is 219 g/mol. The van der Waals surface area contributed by atoms with Crippen LogP contribution in [0.5, 0.6) is 0 Å². The fourth-order valence-corrected chi connectivity index (χ4v) is 2.06. The first kappa shape index (κ1) is 11.1. The fraction of sp³-hybridized carbons (Fsp3) is 0.462. The molecule has 0 radical (unpaired) electrons. The molecule has 1 aromatic carbocycles. The fourth-order valence-electron chi connectivity index (χ4n) is 2.06. The molecule has 1 aliphatic heterocycles. The molecule has 1 amide bonds. The second-order valence-corrected chi connectivity index (χ2v) is 4.05. The van der Waals surface area contributed by atoms with Crippen molar-refractivity contribution < 1.29 is 9.53 Å². The Morgan fingerprint density at radius 3 is 2.88 bits per heavy atom. The minimum Gasteiger partial charge on any atom is -0.376 e. The van der Waals surface area contributed by atoms with Gasteiger partial charge in [-0.15, -0.1) is 0 Å². The molecule has 1 N–H and O–H groups in total. The zero-order valence-corrected chi connectivity index (χ0v) is 9.48. The van der Waals surface area contributed by atoms with Gasteiger partial charge in [0.1, 0.15) is 0 Å². The molecule has 0 aliphatic carbocycles. The van der Waals surface area contributed by atoms with Gasteiger partial charge in [0.25, 0.3) is 5.91 Å². The van der Waals surface area contributed by atoms with Crippen molar-refractivity contribution in [2.75, 3.05) is 6.61 Å². The first-order valence-corrected chi connectivity index (χ1v) is 5.78. The Kier molecular flexibility index (Phi) is 3.57. The predicted molar refractivity (Wildman–Crippen MR) is 62.3 cm³/mol. The lowest BCUT2D eigenvalue weighted by Crippen LogP contribution is -2.40. The zero-order chi connectivity index (χ0) is 11.4. The largest absolute Gasteiger partial charge is 0.376 e. The van der Waals surface area contributed by atoms with Crippen LogP contribution in [0.15, 0.2) is 30.3 Å². The second kappa shape index (κ2) is 5.12. The molecule has 1 aromatic rings. The van der Waals surface area contributed by atoms with Crippen molar-refractivity contribution in [2.45, 2.75) is 31.9 Å². The van der Waals surface area contributed by atoms with Crippen LogP contribution in [0.4, 0.5) is 0 Å². The molecule has 0 saturated carbocycles. The van der Waals surface area contributed by atoms with Gasteiger partial charge >= 0.3 is 0 Å². The quantitative estimate of drug-likeness (QED) is 0.844. The Bertz CT molecular complexity index is 350. The van der Waals surface area contributed by atoms with E-state index in [0.29, 0.717) is 5.56 Å². The molecule has 0 spiro atoms. The molecule has 2 atom stereocenters. The van der Waals surface area contributed by atoms with Gasteiger partial charge in [0.2, 0.25) is 0 Å². The Labute approximate surface area is 95.8 Å². The van der Waals surface area contributed by atoms with Gasteiger partial charge in [-0.25, -0.2) is 0 Å².